The van der Waals surface area contributed by atoms with E-state index in [1.807, 2.05) is 13.8 Å². The van der Waals surface area contributed by atoms with Gasteiger partial charge in [-0.2, -0.15) is 0 Å². The average Bonchev–Trinajstić information content (AvgIpc) is 3.10. The molecule has 0 aromatic heterocycles. The van der Waals surface area contributed by atoms with Crippen molar-refractivity contribution in [1.82, 2.24) is 0 Å². The molecule has 0 saturated carbocycles. The number of aliphatic hydroxyl groups is 4. The Bertz CT molecular complexity index is 664. The molecular formula is C41H80O8. The van der Waals surface area contributed by atoms with Crippen molar-refractivity contribution in [1.29, 1.82) is 0 Å². The Balaban J connectivity index is -0.000000846. The summed E-state index contributed by atoms with van der Waals surface area (Å²) in [5, 5.41) is 35.1. The van der Waals surface area contributed by atoms with Crippen LogP contribution >= 0.6 is 0 Å². The van der Waals surface area contributed by atoms with Crippen LogP contribution < -0.4 is 0 Å². The smallest absolute Gasteiger partial charge is 0.305 e. The highest BCUT2D eigenvalue weighted by atomic mass is 16.5. The van der Waals surface area contributed by atoms with Gasteiger partial charge >= 0.3 is 11.9 Å². The van der Waals surface area contributed by atoms with Crippen LogP contribution in [0.25, 0.3) is 0 Å². The van der Waals surface area contributed by atoms with Crippen molar-refractivity contribution < 1.29 is 39.5 Å². The summed E-state index contributed by atoms with van der Waals surface area (Å²) in [5.41, 5.74) is 0. The Kier molecular flexibility index (Phi) is 46.7. The highest BCUT2D eigenvalue weighted by molar-refractivity contribution is 5.69. The topological polar surface area (TPSA) is 134 Å². The molecule has 0 aliphatic rings. The highest BCUT2D eigenvalue weighted by Gasteiger charge is 2.07. The minimum absolute atomic E-state index is 0. The first kappa shape index (κ1) is 51.6. The molecule has 0 aromatic rings. The Hall–Kier alpha value is -1.74. The van der Waals surface area contributed by atoms with Gasteiger partial charge < -0.3 is 29.9 Å². The summed E-state index contributed by atoms with van der Waals surface area (Å²) in [6.45, 7) is 5.13. The normalized spacial score (nSPS) is 12.4. The molecule has 8 heteroatoms. The number of allylic oxidation sites excluding steroid dienone is 4. The number of ether oxygens (including phenoxy) is 2. The molecule has 4 N–H and O–H groups in total. The molecule has 0 rings (SSSR count). The summed E-state index contributed by atoms with van der Waals surface area (Å²) in [5.74, 6) is -0.223. The van der Waals surface area contributed by atoms with E-state index in [-0.39, 0.29) is 44.4 Å². The fourth-order valence-electron chi connectivity index (χ4n) is 4.77. The van der Waals surface area contributed by atoms with Crippen molar-refractivity contribution >= 4 is 11.9 Å². The minimum Gasteiger partial charge on any atom is -0.465 e. The van der Waals surface area contributed by atoms with E-state index in [0.717, 1.165) is 77.0 Å². The van der Waals surface area contributed by atoms with Crippen molar-refractivity contribution in [3.63, 3.8) is 0 Å². The van der Waals surface area contributed by atoms with Gasteiger partial charge in [0, 0.05) is 51.1 Å². The monoisotopic (exact) mass is 701 g/mol. The van der Waals surface area contributed by atoms with E-state index in [9.17, 15) is 9.59 Å². The van der Waals surface area contributed by atoms with Gasteiger partial charge in [0.1, 0.15) is 0 Å². The van der Waals surface area contributed by atoms with Crippen molar-refractivity contribution in [2.24, 2.45) is 11.8 Å². The van der Waals surface area contributed by atoms with Crippen LogP contribution in [0, 0.1) is 11.8 Å². The average molecular weight is 701 g/mol. The second-order valence-electron chi connectivity index (χ2n) is 13.4. The minimum atomic E-state index is -0.141. The summed E-state index contributed by atoms with van der Waals surface area (Å²) >= 11 is 0. The molecule has 0 amide bonds. The maximum Gasteiger partial charge on any atom is 0.305 e. The van der Waals surface area contributed by atoms with Crippen LogP contribution in [0.5, 0.6) is 0 Å². The quantitative estimate of drug-likeness (QED) is 0.0296. The van der Waals surface area contributed by atoms with E-state index in [1.165, 1.54) is 64.2 Å². The van der Waals surface area contributed by atoms with Gasteiger partial charge in [0.2, 0.25) is 0 Å². The lowest BCUT2D eigenvalue weighted by molar-refractivity contribution is -0.146. The number of esters is 2. The maximum absolute atomic E-state index is 11.5. The standard InChI is InChI=1S/2C20H38O4.CH4/c2*1-19(17-22)18-24-20(23)15-13-11-9-7-5-3-2-4-6-8-10-12-14-16-21;/h2*2,4,19,21-22H,3,5-18H2,1H3;1H4/b4-2+;4-2-;. The second-order valence-corrected chi connectivity index (χ2v) is 13.4. The molecule has 0 radical (unpaired) electrons. The first-order chi connectivity index (χ1) is 23.4. The van der Waals surface area contributed by atoms with Crippen LogP contribution in [0.2, 0.25) is 0 Å². The molecule has 8 nitrogen and oxygen atoms in total. The van der Waals surface area contributed by atoms with Crippen LogP contribution in [-0.2, 0) is 19.1 Å². The SMILES string of the molecule is C.CC(CO)COC(=O)CCCCCCC/C=C/CCCCCCO.CC(CO)COC(=O)CCCCCCC/C=C\CCCCCCO. The molecule has 0 aliphatic carbocycles. The number of carbonyl (C=O) groups excluding carboxylic acids is 2. The van der Waals surface area contributed by atoms with Gasteiger partial charge in [-0.1, -0.05) is 110 Å². The van der Waals surface area contributed by atoms with Crippen LogP contribution in [0.15, 0.2) is 24.3 Å². The predicted octanol–water partition coefficient (Wildman–Crippen LogP) is 9.41. The lowest BCUT2D eigenvalue weighted by Crippen LogP contribution is -2.14. The predicted molar refractivity (Wildman–Crippen MR) is 204 cm³/mol. The van der Waals surface area contributed by atoms with Gasteiger partial charge in [0.15, 0.2) is 0 Å². The Morgan fingerprint density at radius 2 is 0.714 bits per heavy atom. The fourth-order valence-corrected chi connectivity index (χ4v) is 4.77. The third-order valence-electron chi connectivity index (χ3n) is 8.08. The molecule has 0 spiro atoms. The lowest BCUT2D eigenvalue weighted by atomic mass is 10.1. The summed E-state index contributed by atoms with van der Waals surface area (Å²) in [7, 11) is 0. The van der Waals surface area contributed by atoms with Gasteiger partial charge in [-0.3, -0.25) is 9.59 Å². The zero-order valence-corrected chi connectivity index (χ0v) is 31.1. The molecule has 49 heavy (non-hydrogen) atoms. The third-order valence-corrected chi connectivity index (χ3v) is 8.08. The zero-order valence-electron chi connectivity index (χ0n) is 31.1. The molecule has 0 saturated heterocycles. The van der Waals surface area contributed by atoms with E-state index in [2.05, 4.69) is 24.3 Å². The number of carbonyl (C=O) groups is 2. The first-order valence-electron chi connectivity index (χ1n) is 19.5. The van der Waals surface area contributed by atoms with E-state index in [4.69, 9.17) is 29.9 Å². The molecule has 292 valence electrons. The summed E-state index contributed by atoms with van der Waals surface area (Å²) in [4.78, 5) is 22.9. The van der Waals surface area contributed by atoms with Gasteiger partial charge in [-0.05, 0) is 77.0 Å². The molecule has 2 atom stereocenters. The lowest BCUT2D eigenvalue weighted by Gasteiger charge is -2.08. The maximum atomic E-state index is 11.5. The Labute approximate surface area is 302 Å². The van der Waals surface area contributed by atoms with Crippen LogP contribution in [0.3, 0.4) is 0 Å². The highest BCUT2D eigenvalue weighted by Crippen LogP contribution is 2.11. The molecule has 0 bridgehead atoms. The van der Waals surface area contributed by atoms with Gasteiger partial charge in [0.05, 0.1) is 13.2 Å². The van der Waals surface area contributed by atoms with Crippen molar-refractivity contribution in [3.05, 3.63) is 24.3 Å². The number of aliphatic hydroxyl groups excluding tert-OH is 4. The van der Waals surface area contributed by atoms with E-state index >= 15 is 0 Å². The summed E-state index contributed by atoms with van der Waals surface area (Å²) in [6, 6.07) is 0. The number of hydrogen-bond donors (Lipinski definition) is 4. The number of rotatable bonds is 34. The zero-order chi connectivity index (χ0) is 35.8. The molecule has 0 heterocycles. The van der Waals surface area contributed by atoms with Crippen LogP contribution in [-0.4, -0.2) is 72.0 Å². The Morgan fingerprint density at radius 1 is 0.449 bits per heavy atom. The van der Waals surface area contributed by atoms with Gasteiger partial charge in [0.25, 0.3) is 0 Å². The third kappa shape index (κ3) is 46.3. The molecule has 2 unspecified atom stereocenters. The van der Waals surface area contributed by atoms with Crippen molar-refractivity contribution in [3.8, 4) is 0 Å². The number of hydrogen-bond acceptors (Lipinski definition) is 8. The van der Waals surface area contributed by atoms with E-state index in [1.54, 1.807) is 0 Å². The summed E-state index contributed by atoms with van der Waals surface area (Å²) < 4.78 is 10.2. The molecular weight excluding hydrogens is 620 g/mol. The van der Waals surface area contributed by atoms with E-state index < -0.39 is 0 Å². The van der Waals surface area contributed by atoms with Crippen molar-refractivity contribution in [2.75, 3.05) is 39.6 Å². The van der Waals surface area contributed by atoms with Gasteiger partial charge in [-0.25, -0.2) is 0 Å². The van der Waals surface area contributed by atoms with Crippen LogP contribution in [0.1, 0.15) is 175 Å². The van der Waals surface area contributed by atoms with Crippen LogP contribution in [0.4, 0.5) is 0 Å². The largest absolute Gasteiger partial charge is 0.465 e. The van der Waals surface area contributed by atoms with Crippen molar-refractivity contribution in [2.45, 2.75) is 175 Å². The summed E-state index contributed by atoms with van der Waals surface area (Å²) in [6.07, 6.45) is 34.9. The van der Waals surface area contributed by atoms with Gasteiger partial charge in [-0.15, -0.1) is 0 Å². The molecule has 0 aliphatic heterocycles. The second kappa shape index (κ2) is 44.3. The molecule has 0 fully saturated rings. The first-order valence-corrected chi connectivity index (χ1v) is 19.5. The fraction of sp³-hybridized carbons (Fsp3) is 0.854. The molecule has 0 aromatic carbocycles. The number of unbranched alkanes of at least 4 members (excludes halogenated alkanes) is 18. The van der Waals surface area contributed by atoms with E-state index in [0.29, 0.717) is 39.3 Å². The Morgan fingerprint density at radius 3 is 1.00 bits per heavy atom.